The zero-order valence-electron chi connectivity index (χ0n) is 23.1. The molecular formula is C26H33F2N4O9P. The first-order chi connectivity index (χ1) is 20.0. The second-order valence-electron chi connectivity index (χ2n) is 9.02. The zero-order valence-corrected chi connectivity index (χ0v) is 23.9. The van der Waals surface area contributed by atoms with Crippen LogP contribution in [0, 0.1) is 5.82 Å². The van der Waals surface area contributed by atoms with Gasteiger partial charge in [0.25, 0.3) is 0 Å². The summed E-state index contributed by atoms with van der Waals surface area (Å²) in [5, 5.41) is 25.2. The van der Waals surface area contributed by atoms with Crippen molar-refractivity contribution in [1.82, 2.24) is 20.3 Å². The summed E-state index contributed by atoms with van der Waals surface area (Å²) < 4.78 is 63.1. The highest BCUT2D eigenvalue weighted by molar-refractivity contribution is 7.52. The van der Waals surface area contributed by atoms with Crippen LogP contribution in [-0.4, -0.2) is 83.2 Å². The van der Waals surface area contributed by atoms with Crippen LogP contribution in [0.15, 0.2) is 54.9 Å². The Morgan fingerprint density at radius 2 is 2.00 bits per heavy atom. The Hall–Kier alpha value is -3.46. The first-order valence-electron chi connectivity index (χ1n) is 12.8. The first kappa shape index (κ1) is 33.0. The Balaban J connectivity index is 1.81. The van der Waals surface area contributed by atoms with Gasteiger partial charge >= 0.3 is 13.7 Å². The Bertz CT molecular complexity index is 1290. The van der Waals surface area contributed by atoms with E-state index < -0.39 is 69.6 Å². The SMILES string of the molecule is CC[C@@H](O[C@H](COP(=O)(N[C@@H](C)C(=O)OC)Oc1ccc(-c2ncccc2F)cc1)[C@@H](O)CF)N1C=CC(=O)NC1O. The maximum absolute atomic E-state index is 14.1. The number of pyridine rings is 1. The van der Waals surface area contributed by atoms with Gasteiger partial charge in [-0.1, -0.05) is 6.92 Å². The highest BCUT2D eigenvalue weighted by Crippen LogP contribution is 2.45. The number of benzene rings is 1. The average molecular weight is 615 g/mol. The van der Waals surface area contributed by atoms with Gasteiger partial charge in [0, 0.05) is 24.0 Å². The molecule has 0 saturated heterocycles. The summed E-state index contributed by atoms with van der Waals surface area (Å²) in [4.78, 5) is 28.8. The van der Waals surface area contributed by atoms with Gasteiger partial charge in [-0.15, -0.1) is 0 Å². The fourth-order valence-corrected chi connectivity index (χ4v) is 5.30. The van der Waals surface area contributed by atoms with Crippen LogP contribution in [0.3, 0.4) is 0 Å². The molecule has 3 rings (SSSR count). The zero-order chi connectivity index (χ0) is 30.9. The molecule has 16 heteroatoms. The molecule has 2 heterocycles. The van der Waals surface area contributed by atoms with E-state index >= 15 is 0 Å². The summed E-state index contributed by atoms with van der Waals surface area (Å²) in [5.74, 6) is -1.89. The van der Waals surface area contributed by atoms with Crippen molar-refractivity contribution in [2.45, 2.75) is 51.1 Å². The number of hydrogen-bond acceptors (Lipinski definition) is 11. The van der Waals surface area contributed by atoms with Gasteiger partial charge in [-0.25, -0.2) is 13.3 Å². The second-order valence-corrected chi connectivity index (χ2v) is 10.7. The molecule has 0 spiro atoms. The summed E-state index contributed by atoms with van der Waals surface area (Å²) >= 11 is 0. The minimum atomic E-state index is -4.46. The Morgan fingerprint density at radius 3 is 2.60 bits per heavy atom. The number of nitrogens with zero attached hydrogens (tertiary/aromatic N) is 2. The van der Waals surface area contributed by atoms with E-state index in [1.54, 1.807) is 6.92 Å². The van der Waals surface area contributed by atoms with E-state index in [0.717, 1.165) is 13.2 Å². The lowest BCUT2D eigenvalue weighted by Gasteiger charge is -2.38. The van der Waals surface area contributed by atoms with Crippen molar-refractivity contribution in [2.24, 2.45) is 0 Å². The molecule has 0 bridgehead atoms. The predicted octanol–water partition coefficient (Wildman–Crippen LogP) is 2.22. The number of esters is 1. The smallest absolute Gasteiger partial charge is 0.459 e. The Labute approximate surface area is 241 Å². The van der Waals surface area contributed by atoms with Crippen LogP contribution in [0.25, 0.3) is 11.3 Å². The van der Waals surface area contributed by atoms with Crippen molar-refractivity contribution >= 4 is 19.6 Å². The molecule has 2 aromatic rings. The number of aromatic nitrogens is 1. The number of amides is 1. The monoisotopic (exact) mass is 614 g/mol. The number of carbonyl (C=O) groups excluding carboxylic acids is 2. The van der Waals surface area contributed by atoms with Crippen LogP contribution in [0.4, 0.5) is 8.78 Å². The van der Waals surface area contributed by atoms with Crippen LogP contribution in [0.5, 0.6) is 5.75 Å². The highest BCUT2D eigenvalue weighted by atomic mass is 31.2. The molecule has 1 amide bonds. The minimum Gasteiger partial charge on any atom is -0.468 e. The third-order valence-electron chi connectivity index (χ3n) is 5.98. The highest BCUT2D eigenvalue weighted by Gasteiger charge is 2.36. The second kappa shape index (κ2) is 15.1. The molecule has 13 nitrogen and oxygen atoms in total. The van der Waals surface area contributed by atoms with Crippen molar-refractivity contribution in [3.63, 3.8) is 0 Å². The van der Waals surface area contributed by atoms with Gasteiger partial charge in [0.05, 0.1) is 13.7 Å². The minimum absolute atomic E-state index is 0.00440. The number of carbonyl (C=O) groups is 2. The lowest BCUT2D eigenvalue weighted by Crippen LogP contribution is -2.54. The first-order valence-corrected chi connectivity index (χ1v) is 14.4. The number of halogens is 2. The lowest BCUT2D eigenvalue weighted by molar-refractivity contribution is -0.178. The summed E-state index contributed by atoms with van der Waals surface area (Å²) in [7, 11) is -3.33. The van der Waals surface area contributed by atoms with Crippen molar-refractivity contribution in [3.05, 3.63) is 60.7 Å². The van der Waals surface area contributed by atoms with Crippen molar-refractivity contribution in [2.75, 3.05) is 20.4 Å². The van der Waals surface area contributed by atoms with Crippen molar-refractivity contribution < 1.29 is 51.7 Å². The van der Waals surface area contributed by atoms with Crippen molar-refractivity contribution in [1.29, 1.82) is 0 Å². The van der Waals surface area contributed by atoms with Gasteiger partial charge in [0.1, 0.15) is 48.4 Å². The fraction of sp³-hybridized carbons (Fsp3) is 0.423. The number of alkyl halides is 1. The van der Waals surface area contributed by atoms with Crippen molar-refractivity contribution in [3.8, 4) is 17.0 Å². The van der Waals surface area contributed by atoms with Gasteiger partial charge in [-0.05, 0) is 49.7 Å². The molecule has 0 aliphatic carbocycles. The molecule has 0 saturated carbocycles. The predicted molar refractivity (Wildman–Crippen MR) is 144 cm³/mol. The third-order valence-corrected chi connectivity index (χ3v) is 7.62. The molecule has 0 radical (unpaired) electrons. The normalized spacial score (nSPS) is 19.3. The molecule has 42 heavy (non-hydrogen) atoms. The number of methoxy groups -OCH3 is 1. The van der Waals surface area contributed by atoms with E-state index in [1.165, 1.54) is 60.6 Å². The lowest BCUT2D eigenvalue weighted by atomic mass is 10.1. The maximum Gasteiger partial charge on any atom is 0.459 e. The Kier molecular flexibility index (Phi) is 11.9. The number of nitrogens with one attached hydrogen (secondary N) is 2. The quantitative estimate of drug-likeness (QED) is 0.171. The molecule has 1 aromatic carbocycles. The number of aliphatic hydroxyl groups is 2. The number of ether oxygens (including phenoxy) is 2. The number of hydrogen-bond donors (Lipinski definition) is 4. The fourth-order valence-electron chi connectivity index (χ4n) is 3.80. The molecule has 1 aliphatic heterocycles. The summed E-state index contributed by atoms with van der Waals surface area (Å²) in [6.45, 7) is 1.06. The van der Waals surface area contributed by atoms with Crippen LogP contribution in [0.1, 0.15) is 20.3 Å². The number of rotatable bonds is 15. The van der Waals surface area contributed by atoms with Crippen LogP contribution < -0.4 is 14.9 Å². The summed E-state index contributed by atoms with van der Waals surface area (Å²) in [5.41, 5.74) is 0.488. The largest absolute Gasteiger partial charge is 0.468 e. The third kappa shape index (κ3) is 8.77. The molecule has 230 valence electrons. The van der Waals surface area contributed by atoms with Gasteiger partial charge in [0.2, 0.25) is 12.3 Å². The van der Waals surface area contributed by atoms with Crippen LogP contribution in [0.2, 0.25) is 0 Å². The molecule has 1 aromatic heterocycles. The molecule has 1 aliphatic rings. The van der Waals surface area contributed by atoms with Gasteiger partial charge in [0.15, 0.2) is 0 Å². The van der Waals surface area contributed by atoms with Gasteiger partial charge in [-0.2, -0.15) is 5.09 Å². The topological polar surface area (TPSA) is 169 Å². The van der Waals surface area contributed by atoms with E-state index in [2.05, 4.69) is 20.1 Å². The van der Waals surface area contributed by atoms with E-state index in [-0.39, 0.29) is 17.9 Å². The molecule has 2 unspecified atom stereocenters. The van der Waals surface area contributed by atoms with E-state index in [1.807, 2.05) is 0 Å². The van der Waals surface area contributed by atoms with E-state index in [9.17, 15) is 33.1 Å². The molecule has 0 fully saturated rings. The van der Waals surface area contributed by atoms with Crippen LogP contribution in [-0.2, 0) is 28.2 Å². The molecule has 6 atom stereocenters. The summed E-state index contributed by atoms with van der Waals surface area (Å²) in [6, 6.07) is 7.19. The molecular weight excluding hydrogens is 581 g/mol. The number of aliphatic hydroxyl groups excluding tert-OH is 2. The Morgan fingerprint density at radius 1 is 1.29 bits per heavy atom. The van der Waals surface area contributed by atoms with E-state index in [0.29, 0.717) is 5.56 Å². The van der Waals surface area contributed by atoms with E-state index in [4.69, 9.17) is 13.8 Å². The standard InChI is InChI=1S/C26H33F2N4O9P/c1-4-23(32-13-11-22(34)30-26(32)36)40-21(20(33)14-27)15-39-42(37,31-16(2)25(35)38-3)41-18-9-7-17(8-10-18)24-19(28)6-5-12-29-24/h5-13,16,20-21,23,26,33,36H,4,14-15H2,1-3H3,(H,30,34)(H,31,37)/t16-,20-,21+,23+,26?,42?/m0/s1. The maximum atomic E-state index is 14.1. The summed E-state index contributed by atoms with van der Waals surface area (Å²) in [6.07, 6.45) is -1.59. The van der Waals surface area contributed by atoms with Gasteiger partial charge < -0.3 is 34.4 Å². The average Bonchev–Trinajstić information content (AvgIpc) is 2.97. The molecule has 4 N–H and O–H groups in total. The van der Waals surface area contributed by atoms with Gasteiger partial charge in [-0.3, -0.25) is 19.1 Å². The van der Waals surface area contributed by atoms with Crippen LogP contribution >= 0.6 is 7.75 Å².